The number of aromatic nitrogens is 12. The third-order valence-electron chi connectivity index (χ3n) is 15.7. The van der Waals surface area contributed by atoms with E-state index in [2.05, 4.69) is 57.3 Å². The molecule has 0 bridgehead atoms. The number of hydrogen-bond donors (Lipinski definition) is 3. The molecule has 4 N–H and O–H groups in total. The highest BCUT2D eigenvalue weighted by atomic mass is 19.4. The predicted octanol–water partition coefficient (Wildman–Crippen LogP) is 13.3. The molecule has 12 aromatic rings. The first-order valence-electron chi connectivity index (χ1n) is 30.8. The molecule has 6 heterocycles. The minimum Gasteiger partial charge on any atom is -0.497 e. The fourth-order valence-electron chi connectivity index (χ4n) is 10.6. The van der Waals surface area contributed by atoms with Crippen LogP contribution >= 0.6 is 0 Å². The van der Waals surface area contributed by atoms with Crippen LogP contribution in [0.15, 0.2) is 165 Å². The van der Waals surface area contributed by atoms with Gasteiger partial charge in [-0.15, -0.1) is 0 Å². The number of fused-ring (bicyclic) bond motifs is 3. The van der Waals surface area contributed by atoms with Crippen LogP contribution in [0.4, 0.5) is 51.7 Å². The maximum atomic E-state index is 13.3. The molecular formula is C73H87F4N17O7. The monoisotopic (exact) mass is 1390 g/mol. The average molecular weight is 1390 g/mol. The third kappa shape index (κ3) is 19.0. The normalized spacial score (nSPS) is 11.5. The van der Waals surface area contributed by atoms with E-state index in [1.54, 1.807) is 129 Å². The Kier molecular flexibility index (Phi) is 26.7. The van der Waals surface area contributed by atoms with Crippen LogP contribution in [0.2, 0.25) is 0 Å². The number of aliphatic hydroxyl groups is 1. The average Bonchev–Trinajstić information content (AvgIpc) is 1.80. The molecule has 12 rings (SSSR count). The first kappa shape index (κ1) is 77.1. The van der Waals surface area contributed by atoms with Crippen LogP contribution in [-0.4, -0.2) is 165 Å². The van der Waals surface area contributed by atoms with E-state index in [1.807, 2.05) is 99.3 Å². The van der Waals surface area contributed by atoms with Gasteiger partial charge in [0.2, 0.25) is 0 Å². The molecule has 6 aromatic carbocycles. The van der Waals surface area contributed by atoms with Crippen LogP contribution in [-0.2, 0) is 21.1 Å². The fourth-order valence-corrected chi connectivity index (χ4v) is 10.6. The van der Waals surface area contributed by atoms with Gasteiger partial charge in [0.05, 0.1) is 137 Å². The molecule has 0 saturated carbocycles. The van der Waals surface area contributed by atoms with Crippen molar-refractivity contribution in [2.24, 2.45) is 26.9 Å². The number of ether oxygens (including phenoxy) is 6. The van der Waals surface area contributed by atoms with Crippen molar-refractivity contribution in [1.29, 1.82) is 0 Å². The van der Waals surface area contributed by atoms with Crippen LogP contribution in [0, 0.1) is 0 Å². The second kappa shape index (κ2) is 35.0. The van der Waals surface area contributed by atoms with E-state index >= 15 is 0 Å². The van der Waals surface area contributed by atoms with Gasteiger partial charge in [0.1, 0.15) is 41.2 Å². The Balaban J connectivity index is 0.000000210. The maximum absolute atomic E-state index is 13.3. The largest absolute Gasteiger partial charge is 0.497 e. The zero-order chi connectivity index (χ0) is 69.6. The number of alkyl halides is 4. The summed E-state index contributed by atoms with van der Waals surface area (Å²) >= 11 is 0. The first-order valence-corrected chi connectivity index (χ1v) is 30.8. The summed E-state index contributed by atoms with van der Waals surface area (Å²) in [5, 5.41) is 25.6. The van der Waals surface area contributed by atoms with Crippen molar-refractivity contribution >= 4 is 67.2 Å². The van der Waals surface area contributed by atoms with Crippen molar-refractivity contribution in [3.63, 3.8) is 0 Å². The SMILES string of the molecule is C.C.C.COc1cc(OC)cc(N(CCNCCF)c2ccc3ncc(-c4cnn(C)c4)nc3c2)c1.COc1cc(OC)cc(N(C[C@H](O)C(F)(F)F)c2ccc3ncc(-c4cnn(C)c4)nc3c2)c1.COc1cc(OC)cc(N(c2ccc3ncc(-c4cnn(C)c4)nc3c2)[C@H](C)CN)c1. The highest BCUT2D eigenvalue weighted by molar-refractivity contribution is 5.86. The predicted molar refractivity (Wildman–Crippen MR) is 390 cm³/mol. The van der Waals surface area contributed by atoms with Crippen LogP contribution in [0.3, 0.4) is 0 Å². The van der Waals surface area contributed by atoms with E-state index in [1.165, 1.54) is 19.1 Å². The summed E-state index contributed by atoms with van der Waals surface area (Å²) in [5.41, 5.74) is 19.4. The number of methoxy groups -OCH3 is 6. The van der Waals surface area contributed by atoms with Gasteiger partial charge in [0.25, 0.3) is 0 Å². The van der Waals surface area contributed by atoms with E-state index in [9.17, 15) is 22.7 Å². The molecule has 534 valence electrons. The molecule has 0 unspecified atom stereocenters. The van der Waals surface area contributed by atoms with Crippen molar-refractivity contribution in [1.82, 2.24) is 64.6 Å². The van der Waals surface area contributed by atoms with Crippen LogP contribution in [0.1, 0.15) is 29.2 Å². The summed E-state index contributed by atoms with van der Waals surface area (Å²) in [6, 6.07) is 33.1. The molecular weight excluding hydrogens is 1300 g/mol. The molecule has 0 radical (unpaired) electrons. The number of nitrogens with two attached hydrogens (primary N) is 1. The summed E-state index contributed by atoms with van der Waals surface area (Å²) in [6.45, 7) is 2.91. The molecule has 0 saturated heterocycles. The smallest absolute Gasteiger partial charge is 0.416 e. The third-order valence-corrected chi connectivity index (χ3v) is 15.7. The second-order valence-corrected chi connectivity index (χ2v) is 22.4. The number of hydrogen-bond acceptors (Lipinski definition) is 21. The molecule has 101 heavy (non-hydrogen) atoms. The lowest BCUT2D eigenvalue weighted by Crippen LogP contribution is -2.39. The maximum Gasteiger partial charge on any atom is 0.416 e. The van der Waals surface area contributed by atoms with Crippen LogP contribution in [0.25, 0.3) is 66.9 Å². The molecule has 2 atom stereocenters. The van der Waals surface area contributed by atoms with Gasteiger partial charge in [-0.25, -0.2) is 19.3 Å². The zero-order valence-corrected chi connectivity index (χ0v) is 55.7. The van der Waals surface area contributed by atoms with Gasteiger partial charge < -0.3 is 59.3 Å². The first-order chi connectivity index (χ1) is 47.3. The van der Waals surface area contributed by atoms with Gasteiger partial charge in [0, 0.05) is 177 Å². The molecule has 0 amide bonds. The Hall–Kier alpha value is -11.2. The van der Waals surface area contributed by atoms with Gasteiger partial charge >= 0.3 is 6.18 Å². The minimum absolute atomic E-state index is 0. The Morgan fingerprint density at radius 3 is 1.15 bits per heavy atom. The summed E-state index contributed by atoms with van der Waals surface area (Å²) in [7, 11) is 14.9. The molecule has 6 aromatic heterocycles. The Labute approximate surface area is 584 Å². The molecule has 24 nitrogen and oxygen atoms in total. The van der Waals surface area contributed by atoms with Gasteiger partial charge in [0.15, 0.2) is 6.10 Å². The second-order valence-electron chi connectivity index (χ2n) is 22.4. The lowest BCUT2D eigenvalue weighted by Gasteiger charge is -2.31. The summed E-state index contributed by atoms with van der Waals surface area (Å²) in [5.74, 6) is 3.57. The van der Waals surface area contributed by atoms with Crippen LogP contribution in [0.5, 0.6) is 34.5 Å². The molecule has 28 heteroatoms. The number of benzene rings is 6. The Morgan fingerprint density at radius 1 is 0.465 bits per heavy atom. The van der Waals surface area contributed by atoms with E-state index in [0.717, 1.165) is 72.9 Å². The Bertz CT molecular complexity index is 4600. The number of aryl methyl sites for hydroxylation is 3. The highest BCUT2D eigenvalue weighted by Crippen LogP contribution is 2.39. The quantitative estimate of drug-likeness (QED) is 0.0375. The van der Waals surface area contributed by atoms with E-state index < -0.39 is 25.5 Å². The molecule has 0 spiro atoms. The lowest BCUT2D eigenvalue weighted by atomic mass is 10.1. The molecule has 0 aliphatic rings. The van der Waals surface area contributed by atoms with Gasteiger partial charge in [-0.05, 0) is 61.5 Å². The van der Waals surface area contributed by atoms with Crippen molar-refractivity contribution in [3.05, 3.63) is 165 Å². The fraction of sp³-hybridized carbons (Fsp3) is 0.301. The molecule has 0 aliphatic heterocycles. The Morgan fingerprint density at radius 2 is 0.812 bits per heavy atom. The van der Waals surface area contributed by atoms with E-state index in [-0.39, 0.29) is 28.3 Å². The van der Waals surface area contributed by atoms with Gasteiger partial charge in [-0.2, -0.15) is 28.5 Å². The standard InChI is InChI=1S/C24H27FN6O2.C23H22F3N5O3.C23H26N6O2.3CH4/c1-30-16-17(14-28-30)24-15-27-22-5-4-18(12-23(22)29-24)31(9-8-26-7-6-25)19-10-20(32-2)13-21(11-19)33-3;1-30-12-14(10-28-30)21-11-27-19-5-4-15(8-20(19)29-21)31(13-22(32)23(24,25)26)16-6-17(33-2)9-18(7-16)34-3;1-15(11-24)29(18-7-19(30-3)10-20(8-18)31-4)17-5-6-21-22(9-17)27-23(13-25-21)16-12-26-28(2)14-16;;;/h4-5,10-16,26H,6-9H2,1-3H3;4-12,22,32H,13H2,1-3H3;5-10,12-15H,11,24H2,1-4H3;3*1H4/t;22-;15-;;;/m.01.../s1. The molecule has 0 fully saturated rings. The van der Waals surface area contributed by atoms with Crippen molar-refractivity contribution in [3.8, 4) is 68.3 Å². The van der Waals surface area contributed by atoms with Gasteiger partial charge in [-0.1, -0.05) is 22.3 Å². The summed E-state index contributed by atoms with van der Waals surface area (Å²) in [4.78, 5) is 33.4. The number of nitrogens with one attached hydrogen (secondary N) is 1. The topological polar surface area (TPSA) is 254 Å². The van der Waals surface area contributed by atoms with E-state index in [0.29, 0.717) is 88.8 Å². The van der Waals surface area contributed by atoms with Crippen molar-refractivity contribution < 1.29 is 51.1 Å². The number of halogens is 4. The van der Waals surface area contributed by atoms with Crippen molar-refractivity contribution in [2.75, 3.05) is 96.8 Å². The molecule has 0 aliphatic carbocycles. The van der Waals surface area contributed by atoms with E-state index in [4.69, 9.17) is 44.1 Å². The minimum atomic E-state index is -4.80. The lowest BCUT2D eigenvalue weighted by molar-refractivity contribution is -0.199. The number of aliphatic hydroxyl groups excluding tert-OH is 1. The van der Waals surface area contributed by atoms with Gasteiger partial charge in [-0.3, -0.25) is 29.0 Å². The summed E-state index contributed by atoms with van der Waals surface area (Å²) < 4.78 is 89.9. The van der Waals surface area contributed by atoms with Crippen LogP contribution < -0.4 is 54.2 Å². The van der Waals surface area contributed by atoms with Crippen molar-refractivity contribution in [2.45, 2.75) is 47.5 Å². The number of anilines is 6. The highest BCUT2D eigenvalue weighted by Gasteiger charge is 2.40. The number of nitrogens with zero attached hydrogens (tertiary/aromatic N) is 15. The zero-order valence-electron chi connectivity index (χ0n) is 55.7. The summed E-state index contributed by atoms with van der Waals surface area (Å²) in [6.07, 6.45) is 8.56. The number of rotatable bonds is 24.